The van der Waals surface area contributed by atoms with E-state index in [4.69, 9.17) is 0 Å². The van der Waals surface area contributed by atoms with Gasteiger partial charge in [-0.15, -0.1) is 5.10 Å². The van der Waals surface area contributed by atoms with Crippen molar-refractivity contribution in [1.29, 1.82) is 0 Å². The highest BCUT2D eigenvalue weighted by Gasteiger charge is 2.30. The monoisotopic (exact) mass is 253 g/mol. The zero-order chi connectivity index (χ0) is 13.8. The summed E-state index contributed by atoms with van der Waals surface area (Å²) in [4.78, 5) is 0. The van der Waals surface area contributed by atoms with Crippen LogP contribution in [0, 0.1) is 0 Å². The lowest BCUT2D eigenvalue weighted by atomic mass is 9.90. The molecule has 0 unspecified atom stereocenters. The van der Waals surface area contributed by atoms with Crippen LogP contribution in [0.25, 0.3) is 0 Å². The van der Waals surface area contributed by atoms with Gasteiger partial charge < -0.3 is 5.32 Å². The van der Waals surface area contributed by atoms with Gasteiger partial charge in [-0.25, -0.2) is 4.68 Å². The first kappa shape index (κ1) is 15.1. The molecule has 0 saturated heterocycles. The van der Waals surface area contributed by atoms with Crippen molar-refractivity contribution >= 4 is 0 Å². The summed E-state index contributed by atoms with van der Waals surface area (Å²) in [5.74, 6) is 0.926. The molecule has 0 aromatic carbocycles. The second-order valence-electron chi connectivity index (χ2n) is 5.90. The van der Waals surface area contributed by atoms with Crippen molar-refractivity contribution in [2.45, 2.75) is 78.4 Å². The Hall–Kier alpha value is -0.970. The summed E-state index contributed by atoms with van der Waals surface area (Å²) in [5.41, 5.74) is 0.127. The third-order valence-electron chi connectivity index (χ3n) is 3.73. The summed E-state index contributed by atoms with van der Waals surface area (Å²) in [6, 6.07) is 0. The average molecular weight is 253 g/mol. The number of nitrogens with one attached hydrogen (secondary N) is 1. The van der Waals surface area contributed by atoms with E-state index < -0.39 is 0 Å². The Morgan fingerprint density at radius 1 is 1.06 bits per heavy atom. The van der Waals surface area contributed by atoms with E-state index in [2.05, 4.69) is 62.4 Å². The second-order valence-corrected chi connectivity index (χ2v) is 5.90. The Bertz CT molecular complexity index is 351. The molecule has 5 heteroatoms. The molecule has 0 aliphatic rings. The molecule has 0 saturated carbocycles. The normalized spacial score (nSPS) is 13.0. The van der Waals surface area contributed by atoms with Gasteiger partial charge >= 0.3 is 0 Å². The Morgan fingerprint density at radius 3 is 2.06 bits per heavy atom. The molecular weight excluding hydrogens is 226 g/mol. The minimum absolute atomic E-state index is 0.0540. The molecule has 1 aromatic rings. The van der Waals surface area contributed by atoms with Gasteiger partial charge in [-0.3, -0.25) is 0 Å². The van der Waals surface area contributed by atoms with Gasteiger partial charge in [-0.1, -0.05) is 20.8 Å². The van der Waals surface area contributed by atoms with Crippen molar-refractivity contribution in [3.05, 3.63) is 5.82 Å². The van der Waals surface area contributed by atoms with Crippen molar-refractivity contribution in [1.82, 2.24) is 25.5 Å². The van der Waals surface area contributed by atoms with E-state index >= 15 is 0 Å². The molecule has 0 amide bonds. The summed E-state index contributed by atoms with van der Waals surface area (Å²) >= 11 is 0. The molecule has 0 atom stereocenters. The molecule has 1 N–H and O–H groups in total. The summed E-state index contributed by atoms with van der Waals surface area (Å²) in [6.07, 6.45) is 3.15. The van der Waals surface area contributed by atoms with Crippen LogP contribution in [-0.4, -0.2) is 25.7 Å². The van der Waals surface area contributed by atoms with Crippen molar-refractivity contribution in [2.24, 2.45) is 0 Å². The number of aromatic nitrogens is 4. The van der Waals surface area contributed by atoms with E-state index in [9.17, 15) is 0 Å². The topological polar surface area (TPSA) is 55.6 Å². The summed E-state index contributed by atoms with van der Waals surface area (Å²) in [5, 5.41) is 15.7. The molecule has 1 heterocycles. The van der Waals surface area contributed by atoms with Crippen LogP contribution >= 0.6 is 0 Å². The van der Waals surface area contributed by atoms with Gasteiger partial charge in [-0.05, 0) is 50.5 Å². The van der Waals surface area contributed by atoms with Crippen LogP contribution < -0.4 is 5.32 Å². The maximum absolute atomic E-state index is 4.22. The quantitative estimate of drug-likeness (QED) is 0.846. The number of tetrazole rings is 1. The minimum Gasteiger partial charge on any atom is -0.305 e. The van der Waals surface area contributed by atoms with Crippen molar-refractivity contribution in [2.75, 3.05) is 0 Å². The molecular formula is C13H27N5. The molecule has 0 aliphatic heterocycles. The van der Waals surface area contributed by atoms with Gasteiger partial charge in [0.05, 0.1) is 12.1 Å². The van der Waals surface area contributed by atoms with Gasteiger partial charge in [0.1, 0.15) is 0 Å². The standard InChI is InChI=1S/C13H27N5/c1-7-13(8-2,9-3)18-11(15-16-17-18)10-14-12(4,5)6/h14H,7-10H2,1-6H3. The van der Waals surface area contributed by atoms with Gasteiger partial charge in [-0.2, -0.15) is 0 Å². The number of hydrogen-bond acceptors (Lipinski definition) is 4. The van der Waals surface area contributed by atoms with Gasteiger partial charge in [0, 0.05) is 5.54 Å². The largest absolute Gasteiger partial charge is 0.305 e. The van der Waals surface area contributed by atoms with Crippen LogP contribution in [0.1, 0.15) is 66.6 Å². The van der Waals surface area contributed by atoms with Gasteiger partial charge in [0.2, 0.25) is 0 Å². The summed E-state index contributed by atoms with van der Waals surface area (Å²) in [6.45, 7) is 13.8. The molecule has 0 bridgehead atoms. The van der Waals surface area contributed by atoms with Crippen molar-refractivity contribution < 1.29 is 0 Å². The van der Waals surface area contributed by atoms with Crippen LogP contribution in [0.4, 0.5) is 0 Å². The first-order chi connectivity index (χ1) is 8.38. The van der Waals surface area contributed by atoms with Crippen LogP contribution in [0.2, 0.25) is 0 Å². The smallest absolute Gasteiger partial charge is 0.165 e. The molecule has 1 aromatic heterocycles. The molecule has 18 heavy (non-hydrogen) atoms. The van der Waals surface area contributed by atoms with Crippen LogP contribution in [0.3, 0.4) is 0 Å². The van der Waals surface area contributed by atoms with E-state index in [0.717, 1.165) is 25.1 Å². The zero-order valence-electron chi connectivity index (χ0n) is 12.6. The molecule has 0 aliphatic carbocycles. The minimum atomic E-state index is 0.0540. The SMILES string of the molecule is CCC(CC)(CC)n1nnnc1CNC(C)(C)C. The lowest BCUT2D eigenvalue weighted by Crippen LogP contribution is -2.39. The van der Waals surface area contributed by atoms with Crippen LogP contribution in [-0.2, 0) is 12.1 Å². The van der Waals surface area contributed by atoms with E-state index in [1.807, 2.05) is 4.68 Å². The second kappa shape index (κ2) is 5.78. The average Bonchev–Trinajstić information content (AvgIpc) is 2.78. The van der Waals surface area contributed by atoms with Crippen molar-refractivity contribution in [3.8, 4) is 0 Å². The molecule has 0 radical (unpaired) electrons. The predicted octanol–water partition coefficient (Wildman–Crippen LogP) is 2.49. The Labute approximate surface area is 110 Å². The van der Waals surface area contributed by atoms with E-state index in [1.54, 1.807) is 0 Å². The fourth-order valence-corrected chi connectivity index (χ4v) is 2.23. The van der Waals surface area contributed by atoms with Crippen molar-refractivity contribution in [3.63, 3.8) is 0 Å². The summed E-state index contributed by atoms with van der Waals surface area (Å²) in [7, 11) is 0. The number of rotatable bonds is 6. The Morgan fingerprint density at radius 2 is 1.61 bits per heavy atom. The zero-order valence-corrected chi connectivity index (χ0v) is 12.6. The highest BCUT2D eigenvalue weighted by Crippen LogP contribution is 2.28. The molecule has 0 fully saturated rings. The molecule has 104 valence electrons. The summed E-state index contributed by atoms with van der Waals surface area (Å²) < 4.78 is 2.02. The first-order valence-corrected chi connectivity index (χ1v) is 6.91. The third-order valence-corrected chi connectivity index (χ3v) is 3.73. The molecule has 1 rings (SSSR count). The van der Waals surface area contributed by atoms with Crippen LogP contribution in [0.15, 0.2) is 0 Å². The van der Waals surface area contributed by atoms with E-state index in [-0.39, 0.29) is 11.1 Å². The lowest BCUT2D eigenvalue weighted by Gasteiger charge is -2.31. The lowest BCUT2D eigenvalue weighted by molar-refractivity contribution is 0.210. The fraction of sp³-hybridized carbons (Fsp3) is 0.923. The number of nitrogens with zero attached hydrogens (tertiary/aromatic N) is 4. The highest BCUT2D eigenvalue weighted by atomic mass is 15.6. The fourth-order valence-electron chi connectivity index (χ4n) is 2.23. The first-order valence-electron chi connectivity index (χ1n) is 6.91. The molecule has 0 spiro atoms. The van der Waals surface area contributed by atoms with E-state index in [1.165, 1.54) is 0 Å². The molecule has 5 nitrogen and oxygen atoms in total. The highest BCUT2D eigenvalue weighted by molar-refractivity contribution is 4.92. The third kappa shape index (κ3) is 3.28. The maximum Gasteiger partial charge on any atom is 0.165 e. The van der Waals surface area contributed by atoms with Gasteiger partial charge in [0.15, 0.2) is 5.82 Å². The maximum atomic E-state index is 4.22. The Balaban J connectivity index is 2.94. The van der Waals surface area contributed by atoms with Gasteiger partial charge in [0.25, 0.3) is 0 Å². The van der Waals surface area contributed by atoms with Crippen LogP contribution in [0.5, 0.6) is 0 Å². The van der Waals surface area contributed by atoms with E-state index in [0.29, 0.717) is 6.54 Å². The Kier molecular flexibility index (Phi) is 4.85. The predicted molar refractivity (Wildman–Crippen MR) is 73.3 cm³/mol. The number of hydrogen-bond donors (Lipinski definition) is 1.